The molecule has 1 saturated heterocycles. The maximum atomic E-state index is 12.1. The Bertz CT molecular complexity index is 598. The van der Waals surface area contributed by atoms with Crippen LogP contribution < -0.4 is 5.32 Å². The van der Waals surface area contributed by atoms with Crippen LogP contribution in [0.2, 0.25) is 0 Å². The van der Waals surface area contributed by atoms with Gasteiger partial charge >= 0.3 is 6.09 Å². The lowest BCUT2D eigenvalue weighted by molar-refractivity contribution is -0.105. The van der Waals surface area contributed by atoms with Crippen LogP contribution in [0.4, 0.5) is 4.79 Å². The Morgan fingerprint density at radius 3 is 2.44 bits per heavy atom. The number of hydrogen-bond acceptors (Lipinski definition) is 4. The Kier molecular flexibility index (Phi) is 6.12. The van der Waals surface area contributed by atoms with Crippen molar-refractivity contribution < 1.29 is 19.4 Å². The average Bonchev–Trinajstić information content (AvgIpc) is 2.42. The zero-order valence-corrected chi connectivity index (χ0v) is 16.2. The standard InChI is InChI=1S/C20H31NO4/c1-12-9-13(2)15(14(3)10-12)11-16-17(22)7-8-24-18(16)21-19(23)25-20(4,5)6/h9-10,16-18,22H,7-8,11H2,1-6H3,(H,21,23)/t16-,17?,18+/m0/s1. The number of ether oxygens (including phenoxy) is 2. The Hall–Kier alpha value is -1.59. The minimum absolute atomic E-state index is 0.207. The number of aliphatic hydroxyl groups excluding tert-OH is 1. The van der Waals surface area contributed by atoms with Gasteiger partial charge in [-0.05, 0) is 71.1 Å². The van der Waals surface area contributed by atoms with E-state index in [9.17, 15) is 9.90 Å². The van der Waals surface area contributed by atoms with Gasteiger partial charge in [0.1, 0.15) is 11.8 Å². The first-order chi connectivity index (χ1) is 11.6. The van der Waals surface area contributed by atoms with Crippen LogP contribution in [-0.4, -0.2) is 35.7 Å². The number of aliphatic hydroxyl groups is 1. The molecular weight excluding hydrogens is 318 g/mol. The molecule has 2 rings (SSSR count). The second-order valence-electron chi connectivity index (χ2n) is 8.04. The molecular formula is C20H31NO4. The third-order valence-corrected chi connectivity index (χ3v) is 4.53. The summed E-state index contributed by atoms with van der Waals surface area (Å²) < 4.78 is 11.1. The summed E-state index contributed by atoms with van der Waals surface area (Å²) in [5, 5.41) is 13.3. The predicted octanol–water partition coefficient (Wildman–Crippen LogP) is 3.40. The summed E-state index contributed by atoms with van der Waals surface area (Å²) in [6.07, 6.45) is -0.373. The quantitative estimate of drug-likeness (QED) is 0.877. The van der Waals surface area contributed by atoms with Gasteiger partial charge in [-0.15, -0.1) is 0 Å². The zero-order valence-electron chi connectivity index (χ0n) is 16.2. The largest absolute Gasteiger partial charge is 0.444 e. The Morgan fingerprint density at radius 1 is 1.28 bits per heavy atom. The summed E-state index contributed by atoms with van der Waals surface area (Å²) in [5.74, 6) is -0.207. The van der Waals surface area contributed by atoms with Crippen molar-refractivity contribution in [3.63, 3.8) is 0 Å². The highest BCUT2D eigenvalue weighted by Gasteiger charge is 2.35. The average molecular weight is 349 g/mol. The molecule has 1 aromatic rings. The predicted molar refractivity (Wildman–Crippen MR) is 97.6 cm³/mol. The summed E-state index contributed by atoms with van der Waals surface area (Å²) in [6, 6.07) is 4.30. The topological polar surface area (TPSA) is 67.8 Å². The summed E-state index contributed by atoms with van der Waals surface area (Å²) >= 11 is 0. The van der Waals surface area contributed by atoms with Crippen LogP contribution in [0, 0.1) is 26.7 Å². The van der Waals surface area contributed by atoms with Gasteiger partial charge in [-0.25, -0.2) is 4.79 Å². The molecule has 1 aliphatic heterocycles. The highest BCUT2D eigenvalue weighted by atomic mass is 16.6. The molecule has 1 amide bonds. The molecule has 140 valence electrons. The number of carbonyl (C=O) groups is 1. The van der Waals surface area contributed by atoms with Gasteiger partial charge in [-0.1, -0.05) is 17.7 Å². The van der Waals surface area contributed by atoms with Gasteiger partial charge in [-0.2, -0.15) is 0 Å². The van der Waals surface area contributed by atoms with Crippen molar-refractivity contribution in [1.82, 2.24) is 5.32 Å². The number of hydrogen-bond donors (Lipinski definition) is 2. The number of amides is 1. The minimum atomic E-state index is -0.572. The minimum Gasteiger partial charge on any atom is -0.444 e. The molecule has 0 aromatic heterocycles. The molecule has 0 aliphatic carbocycles. The normalized spacial score (nSPS) is 24.0. The first kappa shape index (κ1) is 19.7. The molecule has 5 heteroatoms. The zero-order chi connectivity index (χ0) is 18.8. The third kappa shape index (κ3) is 5.44. The van der Waals surface area contributed by atoms with Gasteiger partial charge in [0.15, 0.2) is 0 Å². The van der Waals surface area contributed by atoms with E-state index >= 15 is 0 Å². The molecule has 1 aromatic carbocycles. The highest BCUT2D eigenvalue weighted by Crippen LogP contribution is 2.28. The van der Waals surface area contributed by atoms with Crippen LogP contribution in [0.3, 0.4) is 0 Å². The number of benzene rings is 1. The SMILES string of the molecule is Cc1cc(C)c(C[C@H]2C(O)CCO[C@H]2NC(=O)OC(C)(C)C)c(C)c1. The van der Waals surface area contributed by atoms with Crippen molar-refractivity contribution in [3.8, 4) is 0 Å². The lowest BCUT2D eigenvalue weighted by atomic mass is 9.85. The second-order valence-corrected chi connectivity index (χ2v) is 8.04. The maximum Gasteiger partial charge on any atom is 0.409 e. The van der Waals surface area contributed by atoms with Gasteiger partial charge in [0.05, 0.1) is 12.7 Å². The van der Waals surface area contributed by atoms with E-state index in [1.807, 2.05) is 20.8 Å². The van der Waals surface area contributed by atoms with Crippen LogP contribution in [0.15, 0.2) is 12.1 Å². The summed E-state index contributed by atoms with van der Waals surface area (Å²) in [7, 11) is 0. The van der Waals surface area contributed by atoms with Crippen LogP contribution in [0.5, 0.6) is 0 Å². The van der Waals surface area contributed by atoms with E-state index < -0.39 is 24.0 Å². The smallest absolute Gasteiger partial charge is 0.409 e. The molecule has 0 radical (unpaired) electrons. The van der Waals surface area contributed by atoms with Crippen molar-refractivity contribution in [2.75, 3.05) is 6.61 Å². The maximum absolute atomic E-state index is 12.1. The first-order valence-electron chi connectivity index (χ1n) is 8.93. The Morgan fingerprint density at radius 2 is 1.88 bits per heavy atom. The third-order valence-electron chi connectivity index (χ3n) is 4.53. The molecule has 1 aliphatic rings. The Labute approximate surface area is 150 Å². The molecule has 5 nitrogen and oxygen atoms in total. The van der Waals surface area contributed by atoms with E-state index in [2.05, 4.69) is 38.2 Å². The van der Waals surface area contributed by atoms with Gasteiger partial charge in [0, 0.05) is 5.92 Å². The van der Waals surface area contributed by atoms with E-state index in [0.717, 1.165) is 0 Å². The molecule has 1 fully saturated rings. The Balaban J connectivity index is 2.16. The molecule has 0 spiro atoms. The molecule has 2 N–H and O–H groups in total. The highest BCUT2D eigenvalue weighted by molar-refractivity contribution is 5.68. The van der Waals surface area contributed by atoms with E-state index in [0.29, 0.717) is 19.4 Å². The molecule has 1 unspecified atom stereocenters. The van der Waals surface area contributed by atoms with Crippen molar-refractivity contribution in [3.05, 3.63) is 34.4 Å². The van der Waals surface area contributed by atoms with Gasteiger partial charge in [0.2, 0.25) is 0 Å². The lowest BCUT2D eigenvalue weighted by Crippen LogP contribution is -2.52. The van der Waals surface area contributed by atoms with Crippen LogP contribution >= 0.6 is 0 Å². The number of carbonyl (C=O) groups excluding carboxylic acids is 1. The summed E-state index contributed by atoms with van der Waals surface area (Å²) in [4.78, 5) is 12.1. The van der Waals surface area contributed by atoms with Crippen molar-refractivity contribution in [2.24, 2.45) is 5.92 Å². The number of alkyl carbamates (subject to hydrolysis) is 1. The fourth-order valence-corrected chi connectivity index (χ4v) is 3.44. The lowest BCUT2D eigenvalue weighted by Gasteiger charge is -2.36. The van der Waals surface area contributed by atoms with E-state index in [-0.39, 0.29) is 5.92 Å². The number of aryl methyl sites for hydroxylation is 3. The number of rotatable bonds is 3. The fraction of sp³-hybridized carbons (Fsp3) is 0.650. The molecule has 3 atom stereocenters. The monoisotopic (exact) mass is 349 g/mol. The molecule has 0 saturated carbocycles. The van der Waals surface area contributed by atoms with Gasteiger partial charge in [-0.3, -0.25) is 5.32 Å². The van der Waals surface area contributed by atoms with Crippen molar-refractivity contribution >= 4 is 6.09 Å². The summed E-state index contributed by atoms with van der Waals surface area (Å²) in [5.41, 5.74) is 4.26. The molecule has 1 heterocycles. The second kappa shape index (κ2) is 7.75. The number of nitrogens with one attached hydrogen (secondary N) is 1. The van der Waals surface area contributed by atoms with Crippen LogP contribution in [-0.2, 0) is 15.9 Å². The summed E-state index contributed by atoms with van der Waals surface area (Å²) in [6.45, 7) is 12.1. The van der Waals surface area contributed by atoms with Gasteiger partial charge < -0.3 is 14.6 Å². The fourth-order valence-electron chi connectivity index (χ4n) is 3.44. The molecule has 25 heavy (non-hydrogen) atoms. The molecule has 0 bridgehead atoms. The van der Waals surface area contributed by atoms with E-state index in [1.165, 1.54) is 22.3 Å². The van der Waals surface area contributed by atoms with Crippen LogP contribution in [0.25, 0.3) is 0 Å². The van der Waals surface area contributed by atoms with Crippen molar-refractivity contribution in [1.29, 1.82) is 0 Å². The first-order valence-corrected chi connectivity index (χ1v) is 8.93. The van der Waals surface area contributed by atoms with E-state index in [1.54, 1.807) is 0 Å². The van der Waals surface area contributed by atoms with Crippen LogP contribution in [0.1, 0.15) is 49.4 Å². The van der Waals surface area contributed by atoms with Gasteiger partial charge in [0.25, 0.3) is 0 Å². The van der Waals surface area contributed by atoms with Crippen molar-refractivity contribution in [2.45, 2.75) is 72.3 Å². The van der Waals surface area contributed by atoms with E-state index in [4.69, 9.17) is 9.47 Å².